The van der Waals surface area contributed by atoms with Crippen molar-refractivity contribution in [1.29, 1.82) is 0 Å². The summed E-state index contributed by atoms with van der Waals surface area (Å²) in [6, 6.07) is 14.4. The highest BCUT2D eigenvalue weighted by Crippen LogP contribution is 2.24. The van der Waals surface area contributed by atoms with Crippen LogP contribution in [0.15, 0.2) is 48.5 Å². The maximum atomic E-state index is 12.5. The molecule has 1 N–H and O–H groups in total. The second kappa shape index (κ2) is 11.7. The molecule has 0 radical (unpaired) electrons. The van der Waals surface area contributed by atoms with E-state index in [2.05, 4.69) is 0 Å². The minimum Gasteiger partial charge on any atom is -0.508 e. The monoisotopic (exact) mass is 400 g/mol. The summed E-state index contributed by atoms with van der Waals surface area (Å²) in [6.07, 6.45) is 0.999. The lowest BCUT2D eigenvalue weighted by atomic mass is 9.92. The maximum absolute atomic E-state index is 12.5. The van der Waals surface area contributed by atoms with Gasteiger partial charge in [-0.05, 0) is 56.0 Å². The fraction of sp³-hybridized carbons (Fsp3) is 0.391. The zero-order valence-corrected chi connectivity index (χ0v) is 16.9. The van der Waals surface area contributed by atoms with Crippen molar-refractivity contribution in [3.63, 3.8) is 0 Å². The van der Waals surface area contributed by atoms with Gasteiger partial charge < -0.3 is 19.3 Å². The lowest BCUT2D eigenvalue weighted by Gasteiger charge is -2.17. The second-order valence-corrected chi connectivity index (χ2v) is 6.54. The van der Waals surface area contributed by atoms with E-state index in [4.69, 9.17) is 14.2 Å². The Morgan fingerprint density at radius 1 is 0.966 bits per heavy atom. The number of carbonyl (C=O) groups excluding carboxylic acids is 2. The van der Waals surface area contributed by atoms with Crippen LogP contribution in [-0.2, 0) is 31.9 Å². The van der Waals surface area contributed by atoms with Crippen molar-refractivity contribution >= 4 is 11.9 Å². The first-order valence-corrected chi connectivity index (χ1v) is 9.84. The number of phenolic OH excluding ortho intramolecular Hbond substituents is 1. The Morgan fingerprint density at radius 2 is 1.72 bits per heavy atom. The fourth-order valence-corrected chi connectivity index (χ4v) is 2.98. The van der Waals surface area contributed by atoms with Gasteiger partial charge in [-0.1, -0.05) is 30.3 Å². The van der Waals surface area contributed by atoms with Crippen LogP contribution in [0.4, 0.5) is 0 Å². The normalized spacial score (nSPS) is 11.5. The summed E-state index contributed by atoms with van der Waals surface area (Å²) in [4.78, 5) is 23.9. The largest absolute Gasteiger partial charge is 0.508 e. The number of ether oxygens (including phenoxy) is 3. The number of esters is 2. The number of para-hydroxylation sites is 1. The van der Waals surface area contributed by atoms with Gasteiger partial charge >= 0.3 is 11.9 Å². The standard InChI is InChI=1S/C23H28O6/c1-3-27-22(25)12-13-29-20-10-7-8-17(15-20)14-19(23(26)28-4-2)16-18-9-5-6-11-21(18)24/h5-11,15,19,24H,3-4,12-14,16H2,1-2H3. The molecule has 0 aromatic heterocycles. The summed E-state index contributed by atoms with van der Waals surface area (Å²) in [5, 5.41) is 10.1. The van der Waals surface area contributed by atoms with Crippen LogP contribution in [0, 0.1) is 5.92 Å². The molecular formula is C23H28O6. The van der Waals surface area contributed by atoms with E-state index in [0.717, 1.165) is 5.56 Å². The number of aromatic hydroxyl groups is 1. The van der Waals surface area contributed by atoms with Crippen molar-refractivity contribution in [1.82, 2.24) is 0 Å². The van der Waals surface area contributed by atoms with Crippen LogP contribution in [-0.4, -0.2) is 36.9 Å². The topological polar surface area (TPSA) is 82.1 Å². The summed E-state index contributed by atoms with van der Waals surface area (Å²) < 4.78 is 15.7. The second-order valence-electron chi connectivity index (χ2n) is 6.54. The van der Waals surface area contributed by atoms with E-state index in [1.54, 1.807) is 38.1 Å². The minimum absolute atomic E-state index is 0.165. The molecule has 0 spiro atoms. The Bertz CT molecular complexity index is 801. The van der Waals surface area contributed by atoms with E-state index >= 15 is 0 Å². The molecule has 0 fully saturated rings. The summed E-state index contributed by atoms with van der Waals surface area (Å²) >= 11 is 0. The number of hydrogen-bond acceptors (Lipinski definition) is 6. The summed E-state index contributed by atoms with van der Waals surface area (Å²) in [7, 11) is 0. The van der Waals surface area contributed by atoms with Crippen molar-refractivity contribution in [2.75, 3.05) is 19.8 Å². The Kier molecular flexibility index (Phi) is 9.02. The van der Waals surface area contributed by atoms with Gasteiger partial charge in [-0.3, -0.25) is 9.59 Å². The molecule has 0 bridgehead atoms. The van der Waals surface area contributed by atoms with Gasteiger partial charge in [0.25, 0.3) is 0 Å². The van der Waals surface area contributed by atoms with Crippen LogP contribution in [0.25, 0.3) is 0 Å². The molecule has 1 atom stereocenters. The van der Waals surface area contributed by atoms with Gasteiger partial charge in [0.1, 0.15) is 11.5 Å². The molecule has 6 heteroatoms. The van der Waals surface area contributed by atoms with Gasteiger partial charge in [-0.25, -0.2) is 0 Å². The molecule has 0 saturated heterocycles. The first-order chi connectivity index (χ1) is 14.0. The molecule has 0 heterocycles. The van der Waals surface area contributed by atoms with Crippen molar-refractivity contribution in [3.8, 4) is 11.5 Å². The highest BCUT2D eigenvalue weighted by Gasteiger charge is 2.22. The van der Waals surface area contributed by atoms with Crippen molar-refractivity contribution in [2.24, 2.45) is 5.92 Å². The number of phenols is 1. The van der Waals surface area contributed by atoms with E-state index < -0.39 is 5.92 Å². The van der Waals surface area contributed by atoms with Crippen LogP contribution >= 0.6 is 0 Å². The Morgan fingerprint density at radius 3 is 2.45 bits per heavy atom. The average molecular weight is 400 g/mol. The molecule has 0 aliphatic rings. The lowest BCUT2D eigenvalue weighted by molar-refractivity contribution is -0.148. The van der Waals surface area contributed by atoms with Crippen LogP contribution in [0.2, 0.25) is 0 Å². The number of rotatable bonds is 11. The quantitative estimate of drug-likeness (QED) is 0.580. The molecular weight excluding hydrogens is 372 g/mol. The Labute approximate surface area is 171 Å². The molecule has 2 aromatic rings. The van der Waals surface area contributed by atoms with E-state index in [1.807, 2.05) is 24.3 Å². The summed E-state index contributed by atoms with van der Waals surface area (Å²) in [6.45, 7) is 4.40. The van der Waals surface area contributed by atoms with Crippen molar-refractivity contribution < 1.29 is 28.9 Å². The predicted octanol–water partition coefficient (Wildman–Crippen LogP) is 3.69. The molecule has 0 amide bonds. The smallest absolute Gasteiger partial charge is 0.309 e. The number of hydrogen-bond donors (Lipinski definition) is 1. The highest BCUT2D eigenvalue weighted by atomic mass is 16.5. The van der Waals surface area contributed by atoms with Gasteiger partial charge in [0.05, 0.1) is 32.2 Å². The average Bonchev–Trinajstić information content (AvgIpc) is 2.70. The van der Waals surface area contributed by atoms with E-state index in [-0.39, 0.29) is 30.7 Å². The fourth-order valence-electron chi connectivity index (χ4n) is 2.98. The molecule has 0 saturated carbocycles. The summed E-state index contributed by atoms with van der Waals surface area (Å²) in [5.41, 5.74) is 1.61. The molecule has 0 aliphatic carbocycles. The first-order valence-electron chi connectivity index (χ1n) is 9.84. The SMILES string of the molecule is CCOC(=O)CCOc1cccc(CC(Cc2ccccc2O)C(=O)OCC)c1. The van der Waals surface area contributed by atoms with Gasteiger partial charge in [0.15, 0.2) is 0 Å². The molecule has 0 aliphatic heterocycles. The van der Waals surface area contributed by atoms with Gasteiger partial charge in [-0.15, -0.1) is 0 Å². The van der Waals surface area contributed by atoms with Crippen LogP contribution in [0.3, 0.4) is 0 Å². The van der Waals surface area contributed by atoms with Gasteiger partial charge in [0, 0.05) is 0 Å². The predicted molar refractivity (Wildman–Crippen MR) is 109 cm³/mol. The van der Waals surface area contributed by atoms with Crippen LogP contribution in [0.5, 0.6) is 11.5 Å². The number of carbonyl (C=O) groups is 2. The molecule has 2 rings (SSSR count). The van der Waals surface area contributed by atoms with E-state index in [0.29, 0.717) is 37.4 Å². The molecule has 29 heavy (non-hydrogen) atoms. The molecule has 156 valence electrons. The van der Waals surface area contributed by atoms with Crippen molar-refractivity contribution in [2.45, 2.75) is 33.1 Å². The highest BCUT2D eigenvalue weighted by molar-refractivity contribution is 5.73. The maximum Gasteiger partial charge on any atom is 0.309 e. The zero-order valence-electron chi connectivity index (χ0n) is 16.9. The van der Waals surface area contributed by atoms with Crippen LogP contribution in [0.1, 0.15) is 31.4 Å². The third-order valence-electron chi connectivity index (χ3n) is 4.34. The Balaban J connectivity index is 2.05. The molecule has 1 unspecified atom stereocenters. The summed E-state index contributed by atoms with van der Waals surface area (Å²) in [5.74, 6) is -0.245. The Hall–Kier alpha value is -3.02. The minimum atomic E-state index is -0.432. The van der Waals surface area contributed by atoms with Gasteiger partial charge in [0.2, 0.25) is 0 Å². The number of benzene rings is 2. The third kappa shape index (κ3) is 7.49. The first kappa shape index (κ1) is 22.3. The van der Waals surface area contributed by atoms with Crippen molar-refractivity contribution in [3.05, 3.63) is 59.7 Å². The van der Waals surface area contributed by atoms with Crippen LogP contribution < -0.4 is 4.74 Å². The lowest BCUT2D eigenvalue weighted by Crippen LogP contribution is -2.22. The van der Waals surface area contributed by atoms with E-state index in [1.165, 1.54) is 0 Å². The van der Waals surface area contributed by atoms with Gasteiger partial charge in [-0.2, -0.15) is 0 Å². The molecule has 6 nitrogen and oxygen atoms in total. The zero-order chi connectivity index (χ0) is 21.1. The molecule has 2 aromatic carbocycles. The third-order valence-corrected chi connectivity index (χ3v) is 4.34. The van der Waals surface area contributed by atoms with E-state index in [9.17, 15) is 14.7 Å².